The number of halogens is 1. The molecule has 0 heterocycles. The molecule has 0 radical (unpaired) electrons. The van der Waals surface area contributed by atoms with Crippen LogP contribution in [0.5, 0.6) is 0 Å². The van der Waals surface area contributed by atoms with Crippen molar-refractivity contribution in [1.82, 2.24) is 0 Å². The van der Waals surface area contributed by atoms with Crippen LogP contribution < -0.4 is 0 Å². The Hall–Kier alpha value is -2.92. The molecule has 0 aliphatic carbocycles. The molecule has 0 spiro atoms. The minimum absolute atomic E-state index is 0.242. The first-order valence-corrected chi connectivity index (χ1v) is 8.37. The van der Waals surface area contributed by atoms with Crippen molar-refractivity contribution in [2.45, 2.75) is 26.7 Å². The van der Waals surface area contributed by atoms with Gasteiger partial charge in [0.15, 0.2) is 0 Å². The fourth-order valence-corrected chi connectivity index (χ4v) is 3.11. The Labute approximate surface area is 148 Å². The zero-order valence-electron chi connectivity index (χ0n) is 14.5. The molecule has 3 rings (SSSR count). The molecule has 0 amide bonds. The first-order chi connectivity index (χ1) is 12.0. The van der Waals surface area contributed by atoms with E-state index < -0.39 is 0 Å². The van der Waals surface area contributed by atoms with Crippen molar-refractivity contribution < 1.29 is 4.39 Å². The SMILES string of the molecule is Cc1ccc(Cc2cc(C)cc(Cc3ccc(F)cc3)c2C#N)cc1. The Kier molecular flexibility index (Phi) is 4.95. The largest absolute Gasteiger partial charge is 0.207 e. The minimum atomic E-state index is -0.242. The van der Waals surface area contributed by atoms with Gasteiger partial charge in [-0.15, -0.1) is 0 Å². The van der Waals surface area contributed by atoms with Crippen LogP contribution in [0.4, 0.5) is 4.39 Å². The van der Waals surface area contributed by atoms with Gasteiger partial charge in [0.05, 0.1) is 11.6 Å². The van der Waals surface area contributed by atoms with Crippen molar-refractivity contribution in [1.29, 1.82) is 5.26 Å². The predicted molar refractivity (Wildman–Crippen MR) is 99.1 cm³/mol. The lowest BCUT2D eigenvalue weighted by Crippen LogP contribution is -2.01. The number of aryl methyl sites for hydroxylation is 2. The van der Waals surface area contributed by atoms with E-state index in [0.29, 0.717) is 6.42 Å². The highest BCUT2D eigenvalue weighted by atomic mass is 19.1. The summed E-state index contributed by atoms with van der Waals surface area (Å²) in [5.74, 6) is -0.242. The Bertz CT molecular complexity index is 847. The van der Waals surface area contributed by atoms with Gasteiger partial charge in [0.2, 0.25) is 0 Å². The van der Waals surface area contributed by atoms with E-state index in [-0.39, 0.29) is 5.82 Å². The van der Waals surface area contributed by atoms with Crippen LogP contribution in [-0.4, -0.2) is 0 Å². The van der Waals surface area contributed by atoms with Crippen LogP contribution >= 0.6 is 0 Å². The van der Waals surface area contributed by atoms with Gasteiger partial charge in [-0.1, -0.05) is 59.7 Å². The third kappa shape index (κ3) is 4.14. The molecule has 124 valence electrons. The summed E-state index contributed by atoms with van der Waals surface area (Å²) in [5.41, 5.74) is 7.34. The zero-order chi connectivity index (χ0) is 17.8. The lowest BCUT2D eigenvalue weighted by Gasteiger charge is -2.12. The lowest BCUT2D eigenvalue weighted by molar-refractivity contribution is 0.627. The van der Waals surface area contributed by atoms with Crippen molar-refractivity contribution in [2.24, 2.45) is 0 Å². The van der Waals surface area contributed by atoms with Gasteiger partial charge in [-0.05, 0) is 61.1 Å². The second kappa shape index (κ2) is 7.32. The summed E-state index contributed by atoms with van der Waals surface area (Å²) in [7, 11) is 0. The molecule has 0 unspecified atom stereocenters. The van der Waals surface area contributed by atoms with Crippen molar-refractivity contribution in [3.05, 3.63) is 105 Å². The molecule has 2 heteroatoms. The molecule has 0 saturated carbocycles. The predicted octanol–water partition coefficient (Wildman–Crippen LogP) is 5.50. The maximum Gasteiger partial charge on any atom is 0.123 e. The van der Waals surface area contributed by atoms with Crippen molar-refractivity contribution in [3.8, 4) is 6.07 Å². The van der Waals surface area contributed by atoms with Crippen LogP contribution in [0.25, 0.3) is 0 Å². The van der Waals surface area contributed by atoms with Gasteiger partial charge >= 0.3 is 0 Å². The van der Waals surface area contributed by atoms with E-state index >= 15 is 0 Å². The van der Waals surface area contributed by atoms with Crippen LogP contribution in [-0.2, 0) is 12.8 Å². The van der Waals surface area contributed by atoms with Crippen LogP contribution in [0.1, 0.15) is 38.9 Å². The maximum atomic E-state index is 13.1. The Morgan fingerprint density at radius 2 is 1.24 bits per heavy atom. The monoisotopic (exact) mass is 329 g/mol. The standard InChI is InChI=1S/C23H20FN/c1-16-3-5-18(6-4-16)13-20-11-17(2)12-21(23(20)15-25)14-19-7-9-22(24)10-8-19/h3-12H,13-14H2,1-2H3. The van der Waals surface area contributed by atoms with Crippen LogP contribution in [0.15, 0.2) is 60.7 Å². The molecule has 25 heavy (non-hydrogen) atoms. The average molecular weight is 329 g/mol. The van der Waals surface area contributed by atoms with Crippen molar-refractivity contribution in [3.63, 3.8) is 0 Å². The molecular formula is C23H20FN. The van der Waals surface area contributed by atoms with E-state index in [1.165, 1.54) is 23.3 Å². The van der Waals surface area contributed by atoms with Crippen LogP contribution in [0.2, 0.25) is 0 Å². The van der Waals surface area contributed by atoms with E-state index in [9.17, 15) is 9.65 Å². The second-order valence-electron chi connectivity index (χ2n) is 6.54. The first-order valence-electron chi connectivity index (χ1n) is 8.37. The fraction of sp³-hybridized carbons (Fsp3) is 0.174. The van der Waals surface area contributed by atoms with E-state index in [4.69, 9.17) is 0 Å². The molecule has 0 atom stereocenters. The minimum Gasteiger partial charge on any atom is -0.207 e. The molecule has 0 saturated heterocycles. The average Bonchev–Trinajstić information content (AvgIpc) is 2.59. The second-order valence-corrected chi connectivity index (χ2v) is 6.54. The molecule has 3 aromatic rings. The van der Waals surface area contributed by atoms with E-state index in [2.05, 4.69) is 49.4 Å². The number of hydrogen-bond acceptors (Lipinski definition) is 1. The molecule has 0 aliphatic rings. The van der Waals surface area contributed by atoms with E-state index in [1.54, 1.807) is 12.1 Å². The molecule has 0 N–H and O–H groups in total. The normalized spacial score (nSPS) is 10.5. The number of hydrogen-bond donors (Lipinski definition) is 0. The van der Waals surface area contributed by atoms with Gasteiger partial charge in [-0.25, -0.2) is 4.39 Å². The highest BCUT2D eigenvalue weighted by Gasteiger charge is 2.11. The number of rotatable bonds is 4. The molecular weight excluding hydrogens is 309 g/mol. The summed E-state index contributed by atoms with van der Waals surface area (Å²) in [6, 6.07) is 21.4. The molecule has 3 aromatic carbocycles. The van der Waals surface area contributed by atoms with Gasteiger partial charge in [-0.2, -0.15) is 5.26 Å². The molecule has 0 bridgehead atoms. The topological polar surface area (TPSA) is 23.8 Å². The van der Waals surface area contributed by atoms with Gasteiger partial charge < -0.3 is 0 Å². The van der Waals surface area contributed by atoms with Crippen LogP contribution in [0.3, 0.4) is 0 Å². The van der Waals surface area contributed by atoms with Gasteiger partial charge in [0.1, 0.15) is 5.82 Å². The summed E-state index contributed by atoms with van der Waals surface area (Å²) < 4.78 is 13.1. The van der Waals surface area contributed by atoms with Crippen molar-refractivity contribution in [2.75, 3.05) is 0 Å². The van der Waals surface area contributed by atoms with Crippen LogP contribution in [0, 0.1) is 31.0 Å². The van der Waals surface area contributed by atoms with E-state index in [1.807, 2.05) is 6.92 Å². The third-order valence-corrected chi connectivity index (χ3v) is 4.38. The smallest absolute Gasteiger partial charge is 0.123 e. The Balaban J connectivity index is 1.96. The quantitative estimate of drug-likeness (QED) is 0.620. The number of nitrogens with zero attached hydrogens (tertiary/aromatic N) is 1. The molecule has 0 aliphatic heterocycles. The summed E-state index contributed by atoms with van der Waals surface area (Å²) in [6.45, 7) is 4.12. The number of benzene rings is 3. The highest BCUT2D eigenvalue weighted by Crippen LogP contribution is 2.23. The summed E-state index contributed by atoms with van der Waals surface area (Å²) in [4.78, 5) is 0. The number of nitriles is 1. The molecule has 1 nitrogen and oxygen atoms in total. The third-order valence-electron chi connectivity index (χ3n) is 4.38. The maximum absolute atomic E-state index is 13.1. The Morgan fingerprint density at radius 1 is 0.760 bits per heavy atom. The van der Waals surface area contributed by atoms with Gasteiger partial charge in [0, 0.05) is 0 Å². The molecule has 0 fully saturated rings. The summed E-state index contributed by atoms with van der Waals surface area (Å²) in [5, 5.41) is 9.72. The fourth-order valence-electron chi connectivity index (χ4n) is 3.11. The lowest BCUT2D eigenvalue weighted by atomic mass is 9.91. The first kappa shape index (κ1) is 16.9. The van der Waals surface area contributed by atoms with Gasteiger partial charge in [0.25, 0.3) is 0 Å². The summed E-state index contributed by atoms with van der Waals surface area (Å²) >= 11 is 0. The van der Waals surface area contributed by atoms with Gasteiger partial charge in [-0.3, -0.25) is 0 Å². The van der Waals surface area contributed by atoms with Crippen molar-refractivity contribution >= 4 is 0 Å². The Morgan fingerprint density at radius 3 is 1.72 bits per heavy atom. The zero-order valence-corrected chi connectivity index (χ0v) is 14.5. The highest BCUT2D eigenvalue weighted by molar-refractivity contribution is 5.50. The molecule has 0 aromatic heterocycles. The van der Waals surface area contributed by atoms with E-state index in [0.717, 1.165) is 34.2 Å². The summed E-state index contributed by atoms with van der Waals surface area (Å²) in [6.07, 6.45) is 1.37.